The minimum absolute atomic E-state index is 0.261. The highest BCUT2D eigenvalue weighted by molar-refractivity contribution is 5.42. The van der Waals surface area contributed by atoms with Crippen molar-refractivity contribution in [3.8, 4) is 11.5 Å². The standard InChI is InChI=1S/C19H31NO3/c1-14(2)11-15(8-9-21)13-20-18-5-4-10-23-19-7-6-16(22-3)12-17(18)19/h6-7,12,14-15,18,20-21H,4-5,8-11,13H2,1-3H3. The van der Waals surface area contributed by atoms with E-state index in [1.807, 2.05) is 12.1 Å². The number of ether oxygens (including phenoxy) is 2. The molecule has 0 saturated heterocycles. The van der Waals surface area contributed by atoms with Crippen LogP contribution < -0.4 is 14.8 Å². The summed E-state index contributed by atoms with van der Waals surface area (Å²) in [7, 11) is 1.70. The highest BCUT2D eigenvalue weighted by Crippen LogP contribution is 2.34. The van der Waals surface area contributed by atoms with Gasteiger partial charge in [0.05, 0.1) is 13.7 Å². The van der Waals surface area contributed by atoms with Crippen molar-refractivity contribution in [2.45, 2.75) is 45.6 Å². The lowest BCUT2D eigenvalue weighted by Gasteiger charge is -2.24. The summed E-state index contributed by atoms with van der Waals surface area (Å²) >= 11 is 0. The van der Waals surface area contributed by atoms with Gasteiger partial charge >= 0.3 is 0 Å². The summed E-state index contributed by atoms with van der Waals surface area (Å²) in [6, 6.07) is 6.33. The molecule has 0 spiro atoms. The third kappa shape index (κ3) is 5.40. The lowest BCUT2D eigenvalue weighted by molar-refractivity contribution is 0.235. The first-order chi connectivity index (χ1) is 11.1. The number of benzene rings is 1. The Labute approximate surface area is 140 Å². The largest absolute Gasteiger partial charge is 0.497 e. The quantitative estimate of drug-likeness (QED) is 0.769. The first kappa shape index (κ1) is 18.1. The maximum atomic E-state index is 9.29. The lowest BCUT2D eigenvalue weighted by atomic mass is 9.93. The zero-order valence-corrected chi connectivity index (χ0v) is 14.7. The number of aliphatic hydroxyl groups excluding tert-OH is 1. The summed E-state index contributed by atoms with van der Waals surface area (Å²) in [5.74, 6) is 3.00. The van der Waals surface area contributed by atoms with Crippen molar-refractivity contribution in [3.63, 3.8) is 0 Å². The topological polar surface area (TPSA) is 50.7 Å². The van der Waals surface area contributed by atoms with E-state index >= 15 is 0 Å². The van der Waals surface area contributed by atoms with Crippen molar-refractivity contribution >= 4 is 0 Å². The van der Waals surface area contributed by atoms with E-state index in [0.29, 0.717) is 11.8 Å². The predicted octanol–water partition coefficient (Wildman–Crippen LogP) is 3.54. The number of aliphatic hydroxyl groups is 1. The second-order valence-corrected chi connectivity index (χ2v) is 6.86. The Bertz CT molecular complexity index is 476. The van der Waals surface area contributed by atoms with E-state index in [9.17, 15) is 5.11 Å². The molecule has 1 aromatic carbocycles. The fourth-order valence-corrected chi connectivity index (χ4v) is 3.36. The Morgan fingerprint density at radius 2 is 2.22 bits per heavy atom. The molecule has 4 heteroatoms. The smallest absolute Gasteiger partial charge is 0.124 e. The van der Waals surface area contributed by atoms with Crippen molar-refractivity contribution in [2.75, 3.05) is 26.9 Å². The summed E-state index contributed by atoms with van der Waals surface area (Å²) in [5.41, 5.74) is 1.19. The maximum Gasteiger partial charge on any atom is 0.124 e. The van der Waals surface area contributed by atoms with Crippen LogP contribution in [-0.2, 0) is 0 Å². The fourth-order valence-electron chi connectivity index (χ4n) is 3.36. The molecule has 1 aliphatic heterocycles. The first-order valence-electron chi connectivity index (χ1n) is 8.79. The summed E-state index contributed by atoms with van der Waals surface area (Å²) < 4.78 is 11.2. The third-order valence-electron chi connectivity index (χ3n) is 4.48. The van der Waals surface area contributed by atoms with Crippen LogP contribution in [0.5, 0.6) is 11.5 Å². The summed E-state index contributed by atoms with van der Waals surface area (Å²) in [6.45, 7) is 6.44. The molecule has 2 atom stereocenters. The van der Waals surface area contributed by atoms with Gasteiger partial charge in [-0.25, -0.2) is 0 Å². The van der Waals surface area contributed by atoms with Crippen molar-refractivity contribution in [2.24, 2.45) is 11.8 Å². The zero-order valence-electron chi connectivity index (χ0n) is 14.7. The molecule has 0 bridgehead atoms. The van der Waals surface area contributed by atoms with Crippen LogP contribution in [-0.4, -0.2) is 32.0 Å². The number of fused-ring (bicyclic) bond motifs is 1. The minimum Gasteiger partial charge on any atom is -0.497 e. The van der Waals surface area contributed by atoms with Crippen molar-refractivity contribution in [1.29, 1.82) is 0 Å². The van der Waals surface area contributed by atoms with E-state index in [-0.39, 0.29) is 12.6 Å². The molecule has 4 nitrogen and oxygen atoms in total. The van der Waals surface area contributed by atoms with E-state index in [2.05, 4.69) is 25.2 Å². The summed E-state index contributed by atoms with van der Waals surface area (Å²) in [5, 5.41) is 13.0. The van der Waals surface area contributed by atoms with Gasteiger partial charge in [-0.3, -0.25) is 0 Å². The molecule has 0 amide bonds. The molecule has 1 aliphatic rings. The molecular weight excluding hydrogens is 290 g/mol. The van der Waals surface area contributed by atoms with Crippen molar-refractivity contribution < 1.29 is 14.6 Å². The number of methoxy groups -OCH3 is 1. The van der Waals surface area contributed by atoms with Crippen molar-refractivity contribution in [3.05, 3.63) is 23.8 Å². The van der Waals surface area contributed by atoms with E-state index in [4.69, 9.17) is 9.47 Å². The normalized spacial score (nSPS) is 18.9. The maximum absolute atomic E-state index is 9.29. The molecule has 1 heterocycles. The molecule has 23 heavy (non-hydrogen) atoms. The highest BCUT2D eigenvalue weighted by atomic mass is 16.5. The lowest BCUT2D eigenvalue weighted by Crippen LogP contribution is -2.28. The molecule has 2 N–H and O–H groups in total. The van der Waals surface area contributed by atoms with Crippen LogP contribution in [0.4, 0.5) is 0 Å². The van der Waals surface area contributed by atoms with Gasteiger partial charge in [-0.15, -0.1) is 0 Å². The van der Waals surface area contributed by atoms with Gasteiger partial charge in [0, 0.05) is 18.2 Å². The fraction of sp³-hybridized carbons (Fsp3) is 0.684. The molecule has 1 aromatic rings. The van der Waals surface area contributed by atoms with Gasteiger partial charge in [-0.1, -0.05) is 13.8 Å². The zero-order chi connectivity index (χ0) is 16.7. The van der Waals surface area contributed by atoms with Crippen LogP contribution in [0.2, 0.25) is 0 Å². The second-order valence-electron chi connectivity index (χ2n) is 6.86. The average Bonchev–Trinajstić information content (AvgIpc) is 2.73. The van der Waals surface area contributed by atoms with E-state index in [1.165, 1.54) is 5.56 Å². The van der Waals surface area contributed by atoms with Gasteiger partial charge in [0.15, 0.2) is 0 Å². The predicted molar refractivity (Wildman–Crippen MR) is 93.1 cm³/mol. The molecular formula is C19H31NO3. The average molecular weight is 321 g/mol. The Hall–Kier alpha value is -1.26. The van der Waals surface area contributed by atoms with Crippen LogP contribution in [0.1, 0.15) is 51.1 Å². The van der Waals surface area contributed by atoms with Crippen LogP contribution in [0.25, 0.3) is 0 Å². The Balaban J connectivity index is 2.06. The van der Waals surface area contributed by atoms with E-state index in [0.717, 1.165) is 50.3 Å². The Kier molecular flexibility index (Phi) is 7.18. The van der Waals surface area contributed by atoms with Crippen LogP contribution in [0.15, 0.2) is 18.2 Å². The third-order valence-corrected chi connectivity index (χ3v) is 4.48. The van der Waals surface area contributed by atoms with Gasteiger partial charge in [-0.05, 0) is 62.3 Å². The molecule has 130 valence electrons. The number of rotatable bonds is 8. The monoisotopic (exact) mass is 321 g/mol. The minimum atomic E-state index is 0.261. The van der Waals surface area contributed by atoms with E-state index < -0.39 is 0 Å². The van der Waals surface area contributed by atoms with Crippen LogP contribution in [0, 0.1) is 11.8 Å². The van der Waals surface area contributed by atoms with E-state index in [1.54, 1.807) is 7.11 Å². The van der Waals surface area contributed by atoms with Gasteiger partial charge in [0.25, 0.3) is 0 Å². The molecule has 0 aliphatic carbocycles. The van der Waals surface area contributed by atoms with Gasteiger partial charge in [-0.2, -0.15) is 0 Å². The van der Waals surface area contributed by atoms with Gasteiger partial charge in [0.2, 0.25) is 0 Å². The number of nitrogens with one attached hydrogen (secondary N) is 1. The van der Waals surface area contributed by atoms with Crippen LogP contribution >= 0.6 is 0 Å². The summed E-state index contributed by atoms with van der Waals surface area (Å²) in [4.78, 5) is 0. The van der Waals surface area contributed by atoms with Crippen molar-refractivity contribution in [1.82, 2.24) is 5.32 Å². The molecule has 0 saturated carbocycles. The number of hydrogen-bond acceptors (Lipinski definition) is 4. The van der Waals surface area contributed by atoms with Gasteiger partial charge < -0.3 is 19.9 Å². The highest BCUT2D eigenvalue weighted by Gasteiger charge is 2.21. The molecule has 0 radical (unpaired) electrons. The Morgan fingerprint density at radius 3 is 2.91 bits per heavy atom. The second kappa shape index (κ2) is 9.14. The number of hydrogen-bond donors (Lipinski definition) is 2. The SMILES string of the molecule is COc1ccc2c(c1)C(NCC(CCO)CC(C)C)CCCO2. The molecule has 2 unspecified atom stereocenters. The van der Waals surface area contributed by atoms with Gasteiger partial charge in [0.1, 0.15) is 11.5 Å². The Morgan fingerprint density at radius 1 is 1.39 bits per heavy atom. The first-order valence-corrected chi connectivity index (χ1v) is 8.79. The molecule has 0 aromatic heterocycles. The van der Waals surface area contributed by atoms with Crippen LogP contribution in [0.3, 0.4) is 0 Å². The molecule has 2 rings (SSSR count). The summed E-state index contributed by atoms with van der Waals surface area (Å²) in [6.07, 6.45) is 4.11. The molecule has 0 fully saturated rings.